The summed E-state index contributed by atoms with van der Waals surface area (Å²) >= 11 is 0. The van der Waals surface area contributed by atoms with E-state index in [-0.39, 0.29) is 0 Å². The molecule has 0 fully saturated rings. The van der Waals surface area contributed by atoms with Crippen LogP contribution >= 0.6 is 0 Å². The van der Waals surface area contributed by atoms with E-state index in [1.165, 1.54) is 11.1 Å². The number of oxime groups is 1. The summed E-state index contributed by atoms with van der Waals surface area (Å²) in [5.74, 6) is 0. The molecule has 0 aliphatic carbocycles. The lowest BCUT2D eigenvalue weighted by Gasteiger charge is -2.05. The predicted molar refractivity (Wildman–Crippen MR) is 105 cm³/mol. The van der Waals surface area contributed by atoms with Crippen LogP contribution in [0.4, 0.5) is 0 Å². The van der Waals surface area contributed by atoms with E-state index in [0.29, 0.717) is 46.1 Å². The van der Waals surface area contributed by atoms with Gasteiger partial charge in [0, 0.05) is 13.1 Å². The number of nitrogens with zero attached hydrogens (tertiary/aromatic N) is 1. The fourth-order valence-corrected chi connectivity index (χ4v) is 2.03. The fraction of sp³-hybridized carbons (Fsp3) is 0.737. The molecule has 6 nitrogen and oxygen atoms in total. The van der Waals surface area contributed by atoms with Crippen molar-refractivity contribution in [3.63, 3.8) is 0 Å². The molecule has 0 saturated carbocycles. The first kappa shape index (κ1) is 23.8. The molecule has 25 heavy (non-hydrogen) atoms. The summed E-state index contributed by atoms with van der Waals surface area (Å²) < 4.78 is 10.6. The van der Waals surface area contributed by atoms with E-state index < -0.39 is 0 Å². The summed E-state index contributed by atoms with van der Waals surface area (Å²) in [7, 11) is 0. The van der Waals surface area contributed by atoms with Gasteiger partial charge in [-0.15, -0.1) is 0 Å². The van der Waals surface area contributed by atoms with Crippen molar-refractivity contribution >= 4 is 5.71 Å². The Kier molecular flexibility index (Phi) is 16.8. The Labute approximate surface area is 153 Å². The largest absolute Gasteiger partial charge is 0.393 e. The summed E-state index contributed by atoms with van der Waals surface area (Å²) in [6.07, 6.45) is 8.42. The molecule has 0 saturated heterocycles. The van der Waals surface area contributed by atoms with Gasteiger partial charge in [-0.3, -0.25) is 0 Å². The molecule has 0 radical (unpaired) electrons. The van der Waals surface area contributed by atoms with Crippen molar-refractivity contribution in [2.24, 2.45) is 16.6 Å². The highest BCUT2D eigenvalue weighted by molar-refractivity contribution is 5.81. The monoisotopic (exact) mass is 355 g/mol. The molecule has 6 heteroatoms. The molecule has 4 N–H and O–H groups in total. The van der Waals surface area contributed by atoms with Crippen molar-refractivity contribution in [3.05, 3.63) is 23.3 Å². The third-order valence-corrected chi connectivity index (χ3v) is 3.55. The zero-order valence-corrected chi connectivity index (χ0v) is 16.3. The Hall–Kier alpha value is -1.21. The standard InChI is InChI=1S/C19H37N3O3/c1-17(5-4-6-18(2)9-10-20)7-8-19(3)22-25-16-15-24-14-13-23-12-11-21/h5,9H,4,6-8,10-16,20-21H2,1-3H3/b17-5+,18-9+,22-19+. The topological polar surface area (TPSA) is 92.1 Å². The third-order valence-electron chi connectivity index (χ3n) is 3.55. The maximum absolute atomic E-state index is 5.50. The van der Waals surface area contributed by atoms with E-state index in [0.717, 1.165) is 31.4 Å². The summed E-state index contributed by atoms with van der Waals surface area (Å²) in [5.41, 5.74) is 14.6. The normalized spacial score (nSPS) is 13.4. The van der Waals surface area contributed by atoms with Gasteiger partial charge in [-0.2, -0.15) is 0 Å². The molecule has 0 aliphatic heterocycles. The Morgan fingerprint density at radius 3 is 2.12 bits per heavy atom. The zero-order valence-electron chi connectivity index (χ0n) is 16.3. The van der Waals surface area contributed by atoms with Gasteiger partial charge < -0.3 is 25.8 Å². The van der Waals surface area contributed by atoms with Crippen molar-refractivity contribution in [2.45, 2.75) is 46.5 Å². The summed E-state index contributed by atoms with van der Waals surface area (Å²) in [6.45, 7) is 10.1. The van der Waals surface area contributed by atoms with Crippen LogP contribution in [-0.4, -0.2) is 51.8 Å². The van der Waals surface area contributed by atoms with Crippen LogP contribution < -0.4 is 11.5 Å². The smallest absolute Gasteiger partial charge is 0.140 e. The first-order valence-corrected chi connectivity index (χ1v) is 9.12. The molecule has 0 rings (SSSR count). The minimum absolute atomic E-state index is 0.454. The first-order valence-electron chi connectivity index (χ1n) is 9.12. The SMILES string of the molecule is C/C(=C\CN)CC/C=C(\C)CC/C(C)=N/OCCOCCOCCN. The Morgan fingerprint density at radius 1 is 0.800 bits per heavy atom. The maximum atomic E-state index is 5.50. The highest BCUT2D eigenvalue weighted by Crippen LogP contribution is 2.10. The van der Waals surface area contributed by atoms with Gasteiger partial charge in [0.2, 0.25) is 0 Å². The maximum Gasteiger partial charge on any atom is 0.140 e. The van der Waals surface area contributed by atoms with Gasteiger partial charge >= 0.3 is 0 Å². The minimum Gasteiger partial charge on any atom is -0.393 e. The molecule has 0 aromatic heterocycles. The van der Waals surface area contributed by atoms with Crippen molar-refractivity contribution in [1.29, 1.82) is 0 Å². The molecule has 0 heterocycles. The molecule has 0 aromatic rings. The quantitative estimate of drug-likeness (QED) is 0.192. The summed E-state index contributed by atoms with van der Waals surface area (Å²) in [6, 6.07) is 0. The van der Waals surface area contributed by atoms with Crippen LogP contribution in [0.5, 0.6) is 0 Å². The van der Waals surface area contributed by atoms with Crippen LogP contribution in [0.2, 0.25) is 0 Å². The summed E-state index contributed by atoms with van der Waals surface area (Å²) in [4.78, 5) is 5.26. The minimum atomic E-state index is 0.454. The second kappa shape index (κ2) is 17.6. The van der Waals surface area contributed by atoms with Gasteiger partial charge in [-0.05, 0) is 46.5 Å². The molecule has 0 bridgehead atoms. The van der Waals surface area contributed by atoms with E-state index in [1.54, 1.807) is 0 Å². The third kappa shape index (κ3) is 17.4. The molecule has 0 atom stereocenters. The van der Waals surface area contributed by atoms with Gasteiger partial charge in [0.15, 0.2) is 0 Å². The van der Waals surface area contributed by atoms with E-state index in [1.807, 2.05) is 6.92 Å². The Bertz CT molecular complexity index is 407. The van der Waals surface area contributed by atoms with Crippen LogP contribution in [0.1, 0.15) is 46.5 Å². The molecule has 0 unspecified atom stereocenters. The average Bonchev–Trinajstić information content (AvgIpc) is 2.58. The Balaban J connectivity index is 3.67. The molecule has 146 valence electrons. The lowest BCUT2D eigenvalue weighted by molar-refractivity contribution is 0.0171. The highest BCUT2D eigenvalue weighted by Gasteiger charge is 1.97. The number of hydrogen-bond acceptors (Lipinski definition) is 6. The number of ether oxygens (including phenoxy) is 2. The Morgan fingerprint density at radius 2 is 1.44 bits per heavy atom. The molecule has 0 aromatic carbocycles. The van der Waals surface area contributed by atoms with Crippen LogP contribution in [0.15, 0.2) is 28.5 Å². The zero-order chi connectivity index (χ0) is 18.8. The molecular formula is C19H37N3O3. The fourth-order valence-electron chi connectivity index (χ4n) is 2.03. The van der Waals surface area contributed by atoms with Crippen molar-refractivity contribution in [2.75, 3.05) is 46.1 Å². The van der Waals surface area contributed by atoms with Gasteiger partial charge in [-0.25, -0.2) is 0 Å². The first-order chi connectivity index (χ1) is 12.1. The van der Waals surface area contributed by atoms with Crippen molar-refractivity contribution in [1.82, 2.24) is 0 Å². The van der Waals surface area contributed by atoms with Gasteiger partial charge in [0.05, 0.1) is 32.1 Å². The molecule has 0 amide bonds. The number of rotatable bonds is 16. The van der Waals surface area contributed by atoms with Gasteiger partial charge in [-0.1, -0.05) is 28.5 Å². The van der Waals surface area contributed by atoms with Crippen LogP contribution in [0.25, 0.3) is 0 Å². The second-order valence-corrected chi connectivity index (χ2v) is 6.05. The van der Waals surface area contributed by atoms with Crippen molar-refractivity contribution < 1.29 is 14.3 Å². The lowest BCUT2D eigenvalue weighted by Crippen LogP contribution is -2.13. The molecular weight excluding hydrogens is 318 g/mol. The molecule has 0 aliphatic rings. The lowest BCUT2D eigenvalue weighted by atomic mass is 10.1. The highest BCUT2D eigenvalue weighted by atomic mass is 16.6. The molecule has 0 spiro atoms. The van der Waals surface area contributed by atoms with E-state index >= 15 is 0 Å². The van der Waals surface area contributed by atoms with Crippen LogP contribution in [-0.2, 0) is 14.3 Å². The van der Waals surface area contributed by atoms with Gasteiger partial charge in [0.25, 0.3) is 0 Å². The average molecular weight is 356 g/mol. The predicted octanol–water partition coefficient (Wildman–Crippen LogP) is 2.78. The number of hydrogen-bond donors (Lipinski definition) is 2. The van der Waals surface area contributed by atoms with E-state index in [4.69, 9.17) is 25.8 Å². The van der Waals surface area contributed by atoms with Gasteiger partial charge in [0.1, 0.15) is 6.61 Å². The summed E-state index contributed by atoms with van der Waals surface area (Å²) in [5, 5.41) is 4.11. The van der Waals surface area contributed by atoms with Crippen LogP contribution in [0.3, 0.4) is 0 Å². The second-order valence-electron chi connectivity index (χ2n) is 6.05. The van der Waals surface area contributed by atoms with E-state index in [2.05, 4.69) is 31.2 Å². The van der Waals surface area contributed by atoms with Crippen molar-refractivity contribution in [3.8, 4) is 0 Å². The number of nitrogens with two attached hydrogens (primary N) is 2. The van der Waals surface area contributed by atoms with Crippen LogP contribution in [0, 0.1) is 0 Å². The van der Waals surface area contributed by atoms with E-state index in [9.17, 15) is 0 Å². The number of allylic oxidation sites excluding steroid dienone is 3.